The smallest absolute Gasteiger partial charge is 0.0449 e. The van der Waals surface area contributed by atoms with Crippen LogP contribution in [-0.4, -0.2) is 6.54 Å². The number of hydrogen-bond donors (Lipinski definition) is 1. The van der Waals surface area contributed by atoms with E-state index in [4.69, 9.17) is 11.6 Å². The number of nitrogens with one attached hydrogen (secondary N) is 1. The predicted octanol–water partition coefficient (Wildman–Crippen LogP) is 5.05. The van der Waals surface area contributed by atoms with E-state index in [0.29, 0.717) is 0 Å². The first kappa shape index (κ1) is 15.4. The summed E-state index contributed by atoms with van der Waals surface area (Å²) in [4.78, 5) is 1.28. The molecule has 0 saturated heterocycles. The van der Waals surface area contributed by atoms with Crippen molar-refractivity contribution >= 4 is 23.4 Å². The standard InChI is InChI=1S/C17H20ClNS/c1-3-19-11-14-5-8-16(9-6-14)20-12-15-7-4-13(2)10-17(15)18/h4-10,19H,3,11-12H2,1-2H3. The summed E-state index contributed by atoms with van der Waals surface area (Å²) in [6.07, 6.45) is 0. The zero-order valence-corrected chi connectivity index (χ0v) is 13.5. The SMILES string of the molecule is CCNCc1ccc(SCc2ccc(C)cc2Cl)cc1. The molecular weight excluding hydrogens is 286 g/mol. The predicted molar refractivity (Wildman–Crippen MR) is 89.6 cm³/mol. The summed E-state index contributed by atoms with van der Waals surface area (Å²) in [5.41, 5.74) is 3.72. The van der Waals surface area contributed by atoms with Crippen molar-refractivity contribution in [2.45, 2.75) is 31.0 Å². The van der Waals surface area contributed by atoms with Crippen molar-refractivity contribution in [3.63, 3.8) is 0 Å². The van der Waals surface area contributed by atoms with Crippen LogP contribution in [0.15, 0.2) is 47.4 Å². The molecule has 0 fully saturated rings. The molecule has 20 heavy (non-hydrogen) atoms. The Morgan fingerprint density at radius 1 is 1.10 bits per heavy atom. The first-order chi connectivity index (χ1) is 9.69. The van der Waals surface area contributed by atoms with E-state index in [-0.39, 0.29) is 0 Å². The van der Waals surface area contributed by atoms with Crippen LogP contribution in [0.4, 0.5) is 0 Å². The lowest BCUT2D eigenvalue weighted by molar-refractivity contribution is 0.726. The molecule has 0 amide bonds. The minimum atomic E-state index is 0.862. The highest BCUT2D eigenvalue weighted by molar-refractivity contribution is 7.98. The molecule has 0 aliphatic rings. The Morgan fingerprint density at radius 2 is 1.85 bits per heavy atom. The van der Waals surface area contributed by atoms with Crippen LogP contribution < -0.4 is 5.32 Å². The zero-order valence-electron chi connectivity index (χ0n) is 11.9. The minimum absolute atomic E-state index is 0.862. The minimum Gasteiger partial charge on any atom is -0.313 e. The van der Waals surface area contributed by atoms with Crippen LogP contribution in [0, 0.1) is 6.92 Å². The van der Waals surface area contributed by atoms with E-state index in [1.54, 1.807) is 0 Å². The van der Waals surface area contributed by atoms with Crippen molar-refractivity contribution in [2.24, 2.45) is 0 Å². The maximum absolute atomic E-state index is 6.26. The Bertz CT molecular complexity index is 551. The van der Waals surface area contributed by atoms with Crippen molar-refractivity contribution in [1.29, 1.82) is 0 Å². The molecule has 2 rings (SSSR count). The van der Waals surface area contributed by atoms with E-state index in [2.05, 4.69) is 55.6 Å². The molecule has 1 nitrogen and oxygen atoms in total. The van der Waals surface area contributed by atoms with E-state index in [1.165, 1.54) is 21.6 Å². The lowest BCUT2D eigenvalue weighted by Crippen LogP contribution is -2.11. The van der Waals surface area contributed by atoms with Gasteiger partial charge >= 0.3 is 0 Å². The van der Waals surface area contributed by atoms with E-state index in [0.717, 1.165) is 23.9 Å². The molecular formula is C17H20ClNS. The molecule has 2 aromatic rings. The molecule has 0 heterocycles. The van der Waals surface area contributed by atoms with Gasteiger partial charge < -0.3 is 5.32 Å². The Hall–Kier alpha value is -0.960. The number of rotatable bonds is 6. The lowest BCUT2D eigenvalue weighted by Gasteiger charge is -2.07. The van der Waals surface area contributed by atoms with Crippen LogP contribution in [0.2, 0.25) is 5.02 Å². The summed E-state index contributed by atoms with van der Waals surface area (Å²) in [5, 5.41) is 4.19. The molecule has 3 heteroatoms. The summed E-state index contributed by atoms with van der Waals surface area (Å²) in [6, 6.07) is 15.0. The van der Waals surface area contributed by atoms with E-state index in [9.17, 15) is 0 Å². The third-order valence-electron chi connectivity index (χ3n) is 3.11. The topological polar surface area (TPSA) is 12.0 Å². The quantitative estimate of drug-likeness (QED) is 0.749. The summed E-state index contributed by atoms with van der Waals surface area (Å²) in [7, 11) is 0. The van der Waals surface area contributed by atoms with Gasteiger partial charge in [0.1, 0.15) is 0 Å². The maximum atomic E-state index is 6.26. The molecule has 106 valence electrons. The van der Waals surface area contributed by atoms with Crippen LogP contribution >= 0.6 is 23.4 Å². The van der Waals surface area contributed by atoms with Gasteiger partial charge in [0, 0.05) is 22.2 Å². The Morgan fingerprint density at radius 3 is 2.50 bits per heavy atom. The van der Waals surface area contributed by atoms with Crippen molar-refractivity contribution < 1.29 is 0 Å². The van der Waals surface area contributed by atoms with E-state index < -0.39 is 0 Å². The van der Waals surface area contributed by atoms with Gasteiger partial charge in [-0.05, 0) is 48.4 Å². The highest BCUT2D eigenvalue weighted by Crippen LogP contribution is 2.27. The highest BCUT2D eigenvalue weighted by atomic mass is 35.5. The second-order valence-corrected chi connectivity index (χ2v) is 6.26. The number of thioether (sulfide) groups is 1. The number of aryl methyl sites for hydroxylation is 1. The summed E-state index contributed by atoms with van der Waals surface area (Å²) < 4.78 is 0. The number of halogens is 1. The highest BCUT2D eigenvalue weighted by Gasteiger charge is 2.02. The van der Waals surface area contributed by atoms with Gasteiger partial charge in [0.25, 0.3) is 0 Å². The number of hydrogen-bond acceptors (Lipinski definition) is 2. The van der Waals surface area contributed by atoms with Crippen LogP contribution in [0.1, 0.15) is 23.6 Å². The summed E-state index contributed by atoms with van der Waals surface area (Å²) in [6.45, 7) is 6.12. The van der Waals surface area contributed by atoms with Crippen LogP contribution in [0.3, 0.4) is 0 Å². The molecule has 0 spiro atoms. The van der Waals surface area contributed by atoms with Crippen molar-refractivity contribution in [2.75, 3.05) is 6.54 Å². The molecule has 2 aromatic carbocycles. The van der Waals surface area contributed by atoms with Gasteiger partial charge in [-0.25, -0.2) is 0 Å². The molecule has 0 bridgehead atoms. The maximum Gasteiger partial charge on any atom is 0.0449 e. The van der Waals surface area contributed by atoms with Crippen LogP contribution in [0.5, 0.6) is 0 Å². The molecule has 0 aromatic heterocycles. The van der Waals surface area contributed by atoms with Crippen LogP contribution in [-0.2, 0) is 12.3 Å². The molecule has 0 radical (unpaired) electrons. The van der Waals surface area contributed by atoms with Gasteiger partial charge in [-0.15, -0.1) is 11.8 Å². The van der Waals surface area contributed by atoms with Crippen molar-refractivity contribution in [1.82, 2.24) is 5.32 Å². The van der Waals surface area contributed by atoms with Crippen molar-refractivity contribution in [3.8, 4) is 0 Å². The average Bonchev–Trinajstić information content (AvgIpc) is 2.45. The second kappa shape index (κ2) is 7.72. The Balaban J connectivity index is 1.93. The first-order valence-electron chi connectivity index (χ1n) is 6.86. The Labute approximate surface area is 130 Å². The van der Waals surface area contributed by atoms with Gasteiger partial charge in [-0.1, -0.05) is 42.8 Å². The second-order valence-electron chi connectivity index (χ2n) is 4.81. The molecule has 0 aliphatic heterocycles. The monoisotopic (exact) mass is 305 g/mol. The fraction of sp³-hybridized carbons (Fsp3) is 0.294. The molecule has 0 unspecified atom stereocenters. The Kier molecular flexibility index (Phi) is 5.96. The van der Waals surface area contributed by atoms with Gasteiger partial charge in [-0.2, -0.15) is 0 Å². The van der Waals surface area contributed by atoms with E-state index >= 15 is 0 Å². The fourth-order valence-corrected chi connectivity index (χ4v) is 3.19. The average molecular weight is 306 g/mol. The van der Waals surface area contributed by atoms with Gasteiger partial charge in [0.15, 0.2) is 0 Å². The van der Waals surface area contributed by atoms with E-state index in [1.807, 2.05) is 17.8 Å². The third-order valence-corrected chi connectivity index (χ3v) is 4.52. The molecule has 0 saturated carbocycles. The lowest BCUT2D eigenvalue weighted by atomic mass is 10.2. The number of benzene rings is 2. The largest absolute Gasteiger partial charge is 0.313 e. The summed E-state index contributed by atoms with van der Waals surface area (Å²) >= 11 is 8.08. The molecule has 0 atom stereocenters. The first-order valence-corrected chi connectivity index (χ1v) is 8.23. The van der Waals surface area contributed by atoms with Crippen LogP contribution in [0.25, 0.3) is 0 Å². The van der Waals surface area contributed by atoms with Gasteiger partial charge in [-0.3, -0.25) is 0 Å². The van der Waals surface area contributed by atoms with Gasteiger partial charge in [0.2, 0.25) is 0 Å². The molecule has 0 aliphatic carbocycles. The van der Waals surface area contributed by atoms with Gasteiger partial charge in [0.05, 0.1) is 0 Å². The fourth-order valence-electron chi connectivity index (χ4n) is 1.90. The molecule has 1 N–H and O–H groups in total. The normalized spacial score (nSPS) is 10.8. The summed E-state index contributed by atoms with van der Waals surface area (Å²) in [5.74, 6) is 0.908. The third kappa shape index (κ3) is 4.55. The van der Waals surface area contributed by atoms with Crippen molar-refractivity contribution in [3.05, 3.63) is 64.2 Å². The zero-order chi connectivity index (χ0) is 14.4.